The van der Waals surface area contributed by atoms with Crippen LogP contribution >= 0.6 is 24.4 Å². The molecule has 0 spiro atoms. The molecular weight excluding hydrogens is 643 g/mol. The van der Waals surface area contributed by atoms with Gasteiger partial charge in [-0.15, -0.1) is 0 Å². The molecular formula is C38H39N3O5S2. The number of likely N-dealkylation sites (tertiary alicyclic amines) is 1. The molecule has 10 heteroatoms. The van der Waals surface area contributed by atoms with Gasteiger partial charge in [0, 0.05) is 12.1 Å². The Labute approximate surface area is 291 Å². The van der Waals surface area contributed by atoms with E-state index in [0.717, 1.165) is 42.6 Å². The number of rotatable bonds is 8. The van der Waals surface area contributed by atoms with Gasteiger partial charge in [-0.25, -0.2) is 0 Å². The smallest absolute Gasteiger partial charge is 0.256 e. The zero-order valence-electron chi connectivity index (χ0n) is 27.2. The lowest BCUT2D eigenvalue weighted by atomic mass is 9.75. The zero-order chi connectivity index (χ0) is 34.1. The summed E-state index contributed by atoms with van der Waals surface area (Å²) in [5, 5.41) is 29.8. The number of aliphatic hydroxyl groups is 2. The molecule has 0 bridgehead atoms. The van der Waals surface area contributed by atoms with Crippen LogP contribution in [0.25, 0.3) is 0 Å². The average molecular weight is 682 g/mol. The van der Waals surface area contributed by atoms with Gasteiger partial charge >= 0.3 is 0 Å². The second-order valence-electron chi connectivity index (χ2n) is 12.8. The monoisotopic (exact) mass is 681 g/mol. The normalized spacial score (nSPS) is 20.7. The van der Waals surface area contributed by atoms with Gasteiger partial charge < -0.3 is 25.6 Å². The summed E-state index contributed by atoms with van der Waals surface area (Å²) < 4.78 is 5.76. The van der Waals surface area contributed by atoms with Crippen molar-refractivity contribution in [2.24, 2.45) is 0 Å². The second-order valence-corrected chi connectivity index (χ2v) is 13.6. The number of methoxy groups -OCH3 is 1. The van der Waals surface area contributed by atoms with Gasteiger partial charge in [-0.2, -0.15) is 0 Å². The van der Waals surface area contributed by atoms with E-state index in [2.05, 4.69) is 15.5 Å². The van der Waals surface area contributed by atoms with Crippen LogP contribution in [0.15, 0.2) is 89.4 Å². The molecule has 0 unspecified atom stereocenters. The van der Waals surface area contributed by atoms with E-state index in [4.69, 9.17) is 29.2 Å². The highest BCUT2D eigenvalue weighted by atomic mass is 32.1. The quantitative estimate of drug-likeness (QED) is 0.200. The van der Waals surface area contributed by atoms with Crippen molar-refractivity contribution >= 4 is 46.2 Å². The first-order valence-corrected chi connectivity index (χ1v) is 17.0. The number of hydrogen-bond donors (Lipinski definition) is 4. The van der Waals surface area contributed by atoms with Crippen LogP contribution in [0.5, 0.6) is 5.75 Å². The molecule has 0 aliphatic carbocycles. The van der Waals surface area contributed by atoms with Crippen molar-refractivity contribution in [3.63, 3.8) is 0 Å². The molecule has 0 saturated carbocycles. The lowest BCUT2D eigenvalue weighted by molar-refractivity contribution is -0.117. The lowest BCUT2D eigenvalue weighted by Crippen LogP contribution is -2.46. The number of carbonyl (C=O) groups is 2. The number of benzene rings is 3. The first kappa shape index (κ1) is 33.5. The van der Waals surface area contributed by atoms with Crippen LogP contribution < -0.4 is 15.4 Å². The number of thiocarbonyl (C=S) groups is 2. The number of amides is 2. The van der Waals surface area contributed by atoms with Gasteiger partial charge in [0.15, 0.2) is 0 Å². The Kier molecular flexibility index (Phi) is 9.78. The van der Waals surface area contributed by atoms with Crippen LogP contribution in [-0.2, 0) is 16.1 Å². The standard InChI is InChI=1S/C38H39N3O5S2/c1-21-9-7-11-23(17-21)29-33(42)31(35(44)39-37(29)47)28(25-13-14-27(46-3)26(19-25)20-41-15-5-4-6-16-41)32-34(43)30(38(48)40-36(32)45)24-12-8-10-22(2)18-24/h7-14,17-19,28-30,42-43H,4-6,15-16,20H2,1-3H3,(H,39,44,47)(H,40,45,48)/t29-,30-/m1/s1. The zero-order valence-corrected chi connectivity index (χ0v) is 28.8. The summed E-state index contributed by atoms with van der Waals surface area (Å²) in [4.78, 5) is 30.7. The van der Waals surface area contributed by atoms with Crippen molar-refractivity contribution in [2.75, 3.05) is 20.2 Å². The summed E-state index contributed by atoms with van der Waals surface area (Å²) in [7, 11) is 1.61. The largest absolute Gasteiger partial charge is 0.511 e. The lowest BCUT2D eigenvalue weighted by Gasteiger charge is -2.35. The van der Waals surface area contributed by atoms with Gasteiger partial charge in [-0.05, 0) is 68.6 Å². The molecule has 8 nitrogen and oxygen atoms in total. The molecule has 3 heterocycles. The maximum absolute atomic E-state index is 14.0. The van der Waals surface area contributed by atoms with Gasteiger partial charge in [0.1, 0.15) is 17.3 Å². The third-order valence-corrected chi connectivity index (χ3v) is 10.1. The van der Waals surface area contributed by atoms with Crippen LogP contribution in [0.1, 0.15) is 70.4 Å². The minimum Gasteiger partial charge on any atom is -0.511 e. The van der Waals surface area contributed by atoms with Gasteiger partial charge in [0.25, 0.3) is 11.8 Å². The Morgan fingerprint density at radius 3 is 1.79 bits per heavy atom. The Morgan fingerprint density at radius 2 is 1.31 bits per heavy atom. The maximum atomic E-state index is 14.0. The maximum Gasteiger partial charge on any atom is 0.256 e. The molecule has 1 fully saturated rings. The first-order chi connectivity index (χ1) is 23.1. The molecule has 3 aliphatic rings. The van der Waals surface area contributed by atoms with Crippen molar-refractivity contribution in [1.82, 2.24) is 15.5 Å². The van der Waals surface area contributed by atoms with Gasteiger partial charge in [0.2, 0.25) is 0 Å². The number of carbonyl (C=O) groups excluding carboxylic acids is 2. The van der Waals surface area contributed by atoms with Crippen molar-refractivity contribution in [2.45, 2.75) is 57.4 Å². The fraction of sp³-hybridized carbons (Fsp3) is 0.316. The van der Waals surface area contributed by atoms with E-state index in [0.29, 0.717) is 29.0 Å². The predicted octanol–water partition coefficient (Wildman–Crippen LogP) is 6.49. The van der Waals surface area contributed by atoms with Crippen LogP contribution in [0, 0.1) is 13.8 Å². The minimum absolute atomic E-state index is 0.0725. The molecule has 0 radical (unpaired) electrons. The Balaban J connectivity index is 1.59. The number of aliphatic hydroxyl groups excluding tert-OH is 2. The van der Waals surface area contributed by atoms with Crippen molar-refractivity contribution < 1.29 is 24.5 Å². The molecule has 3 aromatic rings. The highest BCUT2D eigenvalue weighted by Gasteiger charge is 2.45. The van der Waals surface area contributed by atoms with Gasteiger partial charge in [-0.1, -0.05) is 96.6 Å². The number of hydrogen-bond acceptors (Lipinski definition) is 8. The summed E-state index contributed by atoms with van der Waals surface area (Å²) in [6.45, 7) is 6.37. The summed E-state index contributed by atoms with van der Waals surface area (Å²) >= 11 is 11.2. The molecule has 6 rings (SSSR count). The Bertz CT molecular complexity index is 1780. The number of ether oxygens (including phenoxy) is 1. The van der Waals surface area contributed by atoms with Crippen LogP contribution in [0.2, 0.25) is 0 Å². The van der Waals surface area contributed by atoms with Crippen molar-refractivity contribution in [1.29, 1.82) is 0 Å². The third kappa shape index (κ3) is 6.52. The number of aryl methyl sites for hydroxylation is 2. The molecule has 0 aromatic heterocycles. The van der Waals surface area contributed by atoms with E-state index in [1.54, 1.807) is 13.2 Å². The van der Waals surface area contributed by atoms with E-state index in [9.17, 15) is 19.8 Å². The van der Waals surface area contributed by atoms with E-state index >= 15 is 0 Å². The SMILES string of the molecule is COc1ccc(C(C2=C(O)[C@@H](c3cccc(C)c3)C(=S)NC2=O)C2=C(O)[C@@H](c3cccc(C)c3)C(=S)NC2=O)cc1CN1CCCCC1. The van der Waals surface area contributed by atoms with E-state index in [1.807, 2.05) is 74.5 Å². The summed E-state index contributed by atoms with van der Waals surface area (Å²) in [5.74, 6) is -4.04. The Morgan fingerprint density at radius 1 is 0.792 bits per heavy atom. The second kappa shape index (κ2) is 14.0. The Hall–Kier alpha value is -4.38. The number of nitrogens with one attached hydrogen (secondary N) is 2. The predicted molar refractivity (Wildman–Crippen MR) is 193 cm³/mol. The summed E-state index contributed by atoms with van der Waals surface area (Å²) in [6, 6.07) is 20.6. The topological polar surface area (TPSA) is 111 Å². The van der Waals surface area contributed by atoms with Crippen LogP contribution in [0.4, 0.5) is 0 Å². The molecule has 3 aromatic carbocycles. The van der Waals surface area contributed by atoms with E-state index < -0.39 is 29.6 Å². The molecule has 2 atom stereocenters. The summed E-state index contributed by atoms with van der Waals surface area (Å²) in [6.07, 6.45) is 3.40. The van der Waals surface area contributed by atoms with E-state index in [1.165, 1.54) is 6.42 Å². The minimum atomic E-state index is -1.18. The van der Waals surface area contributed by atoms with Gasteiger partial charge in [0.05, 0.1) is 46.0 Å². The fourth-order valence-corrected chi connectivity index (χ4v) is 7.79. The fourth-order valence-electron chi connectivity index (χ4n) is 7.11. The molecule has 48 heavy (non-hydrogen) atoms. The average Bonchev–Trinajstić information content (AvgIpc) is 3.04. The van der Waals surface area contributed by atoms with Crippen LogP contribution in [-0.4, -0.2) is 57.1 Å². The molecule has 2 amide bonds. The van der Waals surface area contributed by atoms with Crippen LogP contribution in [0.3, 0.4) is 0 Å². The summed E-state index contributed by atoms with van der Waals surface area (Å²) in [5.41, 5.74) is 4.55. The van der Waals surface area contributed by atoms with E-state index in [-0.39, 0.29) is 32.6 Å². The number of nitrogens with zero attached hydrogens (tertiary/aromatic N) is 1. The molecule has 4 N–H and O–H groups in total. The first-order valence-electron chi connectivity index (χ1n) is 16.2. The molecule has 1 saturated heterocycles. The molecule has 3 aliphatic heterocycles. The highest BCUT2D eigenvalue weighted by molar-refractivity contribution is 7.80. The van der Waals surface area contributed by atoms with Crippen molar-refractivity contribution in [3.05, 3.63) is 123 Å². The van der Waals surface area contributed by atoms with Crippen molar-refractivity contribution in [3.8, 4) is 5.75 Å². The highest BCUT2D eigenvalue weighted by Crippen LogP contribution is 2.45. The van der Waals surface area contributed by atoms with Gasteiger partial charge in [-0.3, -0.25) is 14.5 Å². The number of piperidine rings is 1. The molecule has 248 valence electrons. The third-order valence-electron chi connectivity index (χ3n) is 9.39.